The highest BCUT2D eigenvalue weighted by Crippen LogP contribution is 2.20. The highest BCUT2D eigenvalue weighted by molar-refractivity contribution is 5.92. The van der Waals surface area contributed by atoms with Gasteiger partial charge in [-0.3, -0.25) is 0 Å². The molecule has 5 nitrogen and oxygen atoms in total. The van der Waals surface area contributed by atoms with Crippen molar-refractivity contribution in [3.8, 4) is 0 Å². The molecule has 0 amide bonds. The van der Waals surface area contributed by atoms with Gasteiger partial charge in [0.15, 0.2) is 5.69 Å². The average Bonchev–Trinajstić information content (AvgIpc) is 2.72. The molecule has 0 aliphatic carbocycles. The number of esters is 1. The van der Waals surface area contributed by atoms with Crippen LogP contribution in [0, 0.1) is 26.6 Å². The molecule has 0 spiro atoms. The molecule has 0 radical (unpaired) electrons. The number of nitrogen functional groups attached to an aromatic ring is 1. The van der Waals surface area contributed by atoms with E-state index in [-0.39, 0.29) is 17.3 Å². The fourth-order valence-electron chi connectivity index (χ4n) is 2.34. The van der Waals surface area contributed by atoms with Gasteiger partial charge in [0, 0.05) is 0 Å². The molecule has 0 saturated heterocycles. The second-order valence-corrected chi connectivity index (χ2v) is 5.01. The van der Waals surface area contributed by atoms with Crippen LogP contribution in [0.5, 0.6) is 0 Å². The lowest BCUT2D eigenvalue weighted by Crippen LogP contribution is -2.10. The van der Waals surface area contributed by atoms with Gasteiger partial charge in [0.2, 0.25) is 0 Å². The van der Waals surface area contributed by atoms with Crippen LogP contribution in [-0.2, 0) is 11.3 Å². The number of nitrogens with two attached hydrogens (primary N) is 1. The molecule has 21 heavy (non-hydrogen) atoms. The number of nitrogens with zero attached hydrogens (tertiary/aromatic N) is 2. The van der Waals surface area contributed by atoms with Crippen LogP contribution in [-0.4, -0.2) is 22.6 Å². The number of aryl methyl sites for hydroxylation is 3. The van der Waals surface area contributed by atoms with E-state index in [1.165, 1.54) is 7.11 Å². The number of anilines is 1. The van der Waals surface area contributed by atoms with E-state index in [0.29, 0.717) is 23.5 Å². The van der Waals surface area contributed by atoms with Gasteiger partial charge < -0.3 is 15.0 Å². The third-order valence-electron chi connectivity index (χ3n) is 3.41. The van der Waals surface area contributed by atoms with Crippen LogP contribution in [0.15, 0.2) is 12.1 Å². The summed E-state index contributed by atoms with van der Waals surface area (Å²) in [5.41, 5.74) is 8.12. The first-order chi connectivity index (χ1) is 9.85. The van der Waals surface area contributed by atoms with Crippen LogP contribution < -0.4 is 5.73 Å². The third kappa shape index (κ3) is 2.74. The lowest BCUT2D eigenvalue weighted by Gasteiger charge is -2.10. The fourth-order valence-corrected chi connectivity index (χ4v) is 2.34. The Hall–Kier alpha value is -2.37. The molecular formula is C15H18FN3O2. The summed E-state index contributed by atoms with van der Waals surface area (Å²) in [6.45, 7) is 5.61. The van der Waals surface area contributed by atoms with Crippen LogP contribution >= 0.6 is 0 Å². The number of halogens is 1. The number of carbonyl (C=O) groups excluding carboxylic acids is 1. The van der Waals surface area contributed by atoms with Gasteiger partial charge in [-0.15, -0.1) is 0 Å². The molecule has 0 saturated carbocycles. The number of imidazole rings is 1. The largest absolute Gasteiger partial charge is 0.464 e. The van der Waals surface area contributed by atoms with Gasteiger partial charge in [-0.25, -0.2) is 14.2 Å². The molecule has 1 aromatic carbocycles. The van der Waals surface area contributed by atoms with Crippen LogP contribution in [0.3, 0.4) is 0 Å². The number of methoxy groups -OCH3 is 1. The maximum absolute atomic E-state index is 13.7. The number of carbonyl (C=O) groups is 1. The van der Waals surface area contributed by atoms with Crippen molar-refractivity contribution in [2.45, 2.75) is 27.3 Å². The van der Waals surface area contributed by atoms with Crippen LogP contribution in [0.1, 0.15) is 33.0 Å². The van der Waals surface area contributed by atoms with Crippen molar-refractivity contribution in [3.63, 3.8) is 0 Å². The topological polar surface area (TPSA) is 70.1 Å². The molecule has 2 aromatic rings. The van der Waals surface area contributed by atoms with E-state index in [0.717, 1.165) is 5.56 Å². The van der Waals surface area contributed by atoms with Gasteiger partial charge in [-0.2, -0.15) is 0 Å². The molecule has 0 atom stereocenters. The Bertz CT molecular complexity index is 684. The van der Waals surface area contributed by atoms with Crippen LogP contribution in [0.25, 0.3) is 0 Å². The van der Waals surface area contributed by atoms with Crippen molar-refractivity contribution in [3.05, 3.63) is 46.2 Å². The van der Waals surface area contributed by atoms with Crippen molar-refractivity contribution in [1.29, 1.82) is 0 Å². The maximum Gasteiger partial charge on any atom is 0.360 e. The lowest BCUT2D eigenvalue weighted by molar-refractivity contribution is 0.0595. The molecule has 0 aliphatic rings. The van der Waals surface area contributed by atoms with Gasteiger partial charge >= 0.3 is 5.97 Å². The van der Waals surface area contributed by atoms with E-state index in [2.05, 4.69) is 9.72 Å². The van der Waals surface area contributed by atoms with Crippen molar-refractivity contribution >= 4 is 11.8 Å². The van der Waals surface area contributed by atoms with Crippen molar-refractivity contribution in [2.75, 3.05) is 12.8 Å². The summed E-state index contributed by atoms with van der Waals surface area (Å²) in [4.78, 5) is 15.7. The Morgan fingerprint density at radius 1 is 1.33 bits per heavy atom. The summed E-state index contributed by atoms with van der Waals surface area (Å²) >= 11 is 0. The van der Waals surface area contributed by atoms with E-state index in [1.54, 1.807) is 37.5 Å². The van der Waals surface area contributed by atoms with Gasteiger partial charge in [0.1, 0.15) is 17.5 Å². The SMILES string of the molecule is COC(=O)c1nc(C)n(Cc2cc(C)c(F)c(C)c2)c1N. The molecular weight excluding hydrogens is 273 g/mol. The molecule has 2 N–H and O–H groups in total. The number of hydrogen-bond donors (Lipinski definition) is 1. The first-order valence-corrected chi connectivity index (χ1v) is 6.51. The Balaban J connectivity index is 2.41. The van der Waals surface area contributed by atoms with Crippen molar-refractivity contribution in [2.24, 2.45) is 0 Å². The standard InChI is InChI=1S/C15H18FN3O2/c1-8-5-11(6-9(2)12(8)16)7-19-10(3)18-13(14(19)17)15(20)21-4/h5-6H,7,17H2,1-4H3. The number of benzene rings is 1. The molecule has 0 unspecified atom stereocenters. The van der Waals surface area contributed by atoms with Crippen LogP contribution in [0.2, 0.25) is 0 Å². The average molecular weight is 291 g/mol. The summed E-state index contributed by atoms with van der Waals surface area (Å²) in [5.74, 6) is 0.0802. The zero-order valence-electron chi connectivity index (χ0n) is 12.5. The molecule has 6 heteroatoms. The predicted molar refractivity (Wildman–Crippen MR) is 77.7 cm³/mol. The molecule has 112 valence electrons. The van der Waals surface area contributed by atoms with Crippen LogP contribution in [0.4, 0.5) is 10.2 Å². The predicted octanol–water partition coefficient (Wildman–Crippen LogP) is 2.36. The maximum atomic E-state index is 13.7. The third-order valence-corrected chi connectivity index (χ3v) is 3.41. The molecule has 0 aliphatic heterocycles. The second-order valence-electron chi connectivity index (χ2n) is 5.01. The summed E-state index contributed by atoms with van der Waals surface area (Å²) in [5, 5.41) is 0. The van der Waals surface area contributed by atoms with Gasteiger partial charge in [0.05, 0.1) is 13.7 Å². The highest BCUT2D eigenvalue weighted by Gasteiger charge is 2.19. The monoisotopic (exact) mass is 291 g/mol. The minimum atomic E-state index is -0.569. The van der Waals surface area contributed by atoms with E-state index in [4.69, 9.17) is 5.73 Å². The van der Waals surface area contributed by atoms with Gasteiger partial charge in [0.25, 0.3) is 0 Å². The molecule has 1 aromatic heterocycles. The van der Waals surface area contributed by atoms with E-state index in [9.17, 15) is 9.18 Å². The van der Waals surface area contributed by atoms with E-state index >= 15 is 0 Å². The number of aromatic nitrogens is 2. The van der Waals surface area contributed by atoms with Gasteiger partial charge in [-0.05, 0) is 37.5 Å². The molecule has 1 heterocycles. The summed E-state index contributed by atoms with van der Waals surface area (Å²) in [7, 11) is 1.28. The number of rotatable bonds is 3. The van der Waals surface area contributed by atoms with Gasteiger partial charge in [-0.1, -0.05) is 12.1 Å². The summed E-state index contributed by atoms with van der Waals surface area (Å²) in [6, 6.07) is 3.53. The second kappa shape index (κ2) is 5.55. The van der Waals surface area contributed by atoms with E-state index in [1.807, 2.05) is 0 Å². The smallest absolute Gasteiger partial charge is 0.360 e. The first kappa shape index (κ1) is 15.0. The molecule has 2 rings (SSSR count). The summed E-state index contributed by atoms with van der Waals surface area (Å²) < 4.78 is 20.0. The quantitative estimate of drug-likeness (QED) is 0.881. The van der Waals surface area contributed by atoms with Crippen molar-refractivity contribution < 1.29 is 13.9 Å². The number of hydrogen-bond acceptors (Lipinski definition) is 4. The fraction of sp³-hybridized carbons (Fsp3) is 0.333. The molecule has 0 fully saturated rings. The van der Waals surface area contributed by atoms with E-state index < -0.39 is 5.97 Å². The first-order valence-electron chi connectivity index (χ1n) is 6.51. The Morgan fingerprint density at radius 2 is 1.90 bits per heavy atom. The highest BCUT2D eigenvalue weighted by atomic mass is 19.1. The summed E-state index contributed by atoms with van der Waals surface area (Å²) in [6.07, 6.45) is 0. The molecule has 0 bridgehead atoms. The normalized spacial score (nSPS) is 10.7. The lowest BCUT2D eigenvalue weighted by atomic mass is 10.1. The Labute approximate surface area is 122 Å². The Morgan fingerprint density at radius 3 is 2.43 bits per heavy atom. The Kier molecular flexibility index (Phi) is 3.97. The minimum absolute atomic E-state index is 0.102. The zero-order valence-corrected chi connectivity index (χ0v) is 12.5. The van der Waals surface area contributed by atoms with Crippen molar-refractivity contribution in [1.82, 2.24) is 9.55 Å². The minimum Gasteiger partial charge on any atom is -0.464 e. The number of ether oxygens (including phenoxy) is 1. The zero-order chi connectivity index (χ0) is 15.7.